The first-order chi connectivity index (χ1) is 11.9. The molecule has 0 radical (unpaired) electrons. The molecule has 1 aliphatic heterocycles. The highest BCUT2D eigenvalue weighted by molar-refractivity contribution is 8.24. The predicted molar refractivity (Wildman–Crippen MR) is 96.1 cm³/mol. The number of hydrogen-bond acceptors (Lipinski definition) is 4. The molecule has 1 amide bonds. The van der Waals surface area contributed by atoms with Crippen molar-refractivity contribution < 1.29 is 13.6 Å². The molecule has 25 heavy (non-hydrogen) atoms. The lowest BCUT2D eigenvalue weighted by molar-refractivity contribution is -0.119. The first kappa shape index (κ1) is 17.5. The molecule has 1 heterocycles. The van der Waals surface area contributed by atoms with Gasteiger partial charge >= 0.3 is 0 Å². The predicted octanol–water partition coefficient (Wildman–Crippen LogP) is 3.66. The lowest BCUT2D eigenvalue weighted by Crippen LogP contribution is -2.43. The van der Waals surface area contributed by atoms with Gasteiger partial charge in [-0.25, -0.2) is 8.78 Å². The number of nitrogens with zero attached hydrogens (tertiary/aromatic N) is 1. The van der Waals surface area contributed by atoms with E-state index in [1.807, 2.05) is 0 Å². The van der Waals surface area contributed by atoms with Crippen LogP contribution in [0, 0.1) is 23.0 Å². The fraction of sp³-hybridized carbons (Fsp3) is 0.167. The van der Waals surface area contributed by atoms with Gasteiger partial charge in [0.25, 0.3) is 0 Å². The van der Waals surface area contributed by atoms with Gasteiger partial charge in [-0.15, -0.1) is 0 Å². The number of carbonyl (C=O) groups excluding carboxylic acids is 1. The van der Waals surface area contributed by atoms with Crippen molar-refractivity contribution in [2.45, 2.75) is 17.6 Å². The SMILES string of the molecule is CC(c1ccccc1)(c1c(F)cc(C#N)cc1F)C1SC(=S)NC1=O. The van der Waals surface area contributed by atoms with Crippen LogP contribution in [-0.2, 0) is 10.2 Å². The highest BCUT2D eigenvalue weighted by Gasteiger charge is 2.49. The second kappa shape index (κ2) is 6.54. The second-order valence-corrected chi connectivity index (χ2v) is 7.55. The number of rotatable bonds is 3. The molecule has 3 rings (SSSR count). The Hall–Kier alpha value is -2.30. The Labute approximate surface area is 153 Å². The van der Waals surface area contributed by atoms with E-state index in [9.17, 15) is 13.6 Å². The molecular formula is C18H12F2N2OS2. The monoisotopic (exact) mass is 374 g/mol. The minimum Gasteiger partial charge on any atom is -0.311 e. The smallest absolute Gasteiger partial charge is 0.240 e. The standard InChI is InChI=1S/C18H12F2N2OS2/c1-18(11-5-3-2-4-6-11,15-16(23)22-17(24)25-15)14-12(19)7-10(9-21)8-13(14)20/h2-8,15H,1H3,(H,22,23,24). The summed E-state index contributed by atoms with van der Waals surface area (Å²) < 4.78 is 29.9. The molecule has 0 aliphatic carbocycles. The first-order valence-electron chi connectivity index (χ1n) is 7.34. The molecule has 2 unspecified atom stereocenters. The molecular weight excluding hydrogens is 362 g/mol. The van der Waals surface area contributed by atoms with Crippen molar-refractivity contribution in [2.24, 2.45) is 0 Å². The Morgan fingerprint density at radius 1 is 1.24 bits per heavy atom. The Balaban J connectivity index is 2.29. The number of halogens is 2. The Morgan fingerprint density at radius 3 is 2.32 bits per heavy atom. The molecule has 0 saturated carbocycles. The normalized spacial score (nSPS) is 19.2. The summed E-state index contributed by atoms with van der Waals surface area (Å²) in [5.41, 5.74) is -1.10. The van der Waals surface area contributed by atoms with Gasteiger partial charge in [-0.3, -0.25) is 4.79 Å². The number of benzene rings is 2. The first-order valence-corrected chi connectivity index (χ1v) is 8.63. The maximum atomic E-state index is 14.8. The van der Waals surface area contributed by atoms with Gasteiger partial charge in [0.15, 0.2) is 0 Å². The van der Waals surface area contributed by atoms with Crippen LogP contribution in [0.4, 0.5) is 8.78 Å². The largest absolute Gasteiger partial charge is 0.311 e. The van der Waals surface area contributed by atoms with Crippen LogP contribution in [0.1, 0.15) is 23.6 Å². The third kappa shape index (κ3) is 2.92. The average molecular weight is 374 g/mol. The van der Waals surface area contributed by atoms with Crippen LogP contribution in [0.25, 0.3) is 0 Å². The van der Waals surface area contributed by atoms with Gasteiger partial charge in [-0.1, -0.05) is 54.3 Å². The van der Waals surface area contributed by atoms with E-state index in [1.54, 1.807) is 43.3 Å². The molecule has 0 aromatic heterocycles. The molecule has 2 aromatic carbocycles. The van der Waals surface area contributed by atoms with Gasteiger partial charge in [-0.2, -0.15) is 5.26 Å². The fourth-order valence-electron chi connectivity index (χ4n) is 3.08. The maximum absolute atomic E-state index is 14.8. The summed E-state index contributed by atoms with van der Waals surface area (Å²) >= 11 is 6.12. The number of nitrogens with one attached hydrogen (secondary N) is 1. The zero-order valence-electron chi connectivity index (χ0n) is 13.0. The van der Waals surface area contributed by atoms with E-state index in [4.69, 9.17) is 17.5 Å². The van der Waals surface area contributed by atoms with E-state index in [2.05, 4.69) is 5.32 Å². The number of hydrogen-bond donors (Lipinski definition) is 1. The van der Waals surface area contributed by atoms with E-state index in [0.717, 1.165) is 23.9 Å². The van der Waals surface area contributed by atoms with Crippen LogP contribution in [-0.4, -0.2) is 15.5 Å². The van der Waals surface area contributed by atoms with Crippen LogP contribution < -0.4 is 5.32 Å². The lowest BCUT2D eigenvalue weighted by Gasteiger charge is -2.35. The minimum atomic E-state index is -1.31. The van der Waals surface area contributed by atoms with Crippen molar-refractivity contribution in [1.82, 2.24) is 5.32 Å². The molecule has 0 bridgehead atoms. The van der Waals surface area contributed by atoms with E-state index >= 15 is 0 Å². The van der Waals surface area contributed by atoms with Crippen LogP contribution in [0.2, 0.25) is 0 Å². The number of carbonyl (C=O) groups is 1. The van der Waals surface area contributed by atoms with Crippen molar-refractivity contribution in [1.29, 1.82) is 5.26 Å². The average Bonchev–Trinajstić information content (AvgIpc) is 2.93. The van der Waals surface area contributed by atoms with E-state index in [1.165, 1.54) is 0 Å². The number of thiocarbonyl (C=S) groups is 1. The highest BCUT2D eigenvalue weighted by Crippen LogP contribution is 2.45. The van der Waals surface area contributed by atoms with Crippen LogP contribution in [0.5, 0.6) is 0 Å². The van der Waals surface area contributed by atoms with E-state index in [-0.39, 0.29) is 15.4 Å². The minimum absolute atomic E-state index is 0.117. The third-order valence-electron chi connectivity index (χ3n) is 4.28. The third-order valence-corrected chi connectivity index (χ3v) is 5.90. The zero-order valence-corrected chi connectivity index (χ0v) is 14.7. The lowest BCUT2D eigenvalue weighted by atomic mass is 9.72. The summed E-state index contributed by atoms with van der Waals surface area (Å²) in [6.45, 7) is 1.61. The summed E-state index contributed by atoms with van der Waals surface area (Å²) in [6.07, 6.45) is 0. The highest BCUT2D eigenvalue weighted by atomic mass is 32.2. The van der Waals surface area contributed by atoms with Gasteiger partial charge in [0, 0.05) is 11.0 Å². The maximum Gasteiger partial charge on any atom is 0.240 e. The van der Waals surface area contributed by atoms with Gasteiger partial charge in [0.2, 0.25) is 5.91 Å². The Kier molecular flexibility index (Phi) is 4.58. The van der Waals surface area contributed by atoms with Crippen molar-refractivity contribution in [3.8, 4) is 6.07 Å². The summed E-state index contributed by atoms with van der Waals surface area (Å²) in [5.74, 6) is -2.13. The van der Waals surface area contributed by atoms with Crippen LogP contribution >= 0.6 is 24.0 Å². The fourth-order valence-corrected chi connectivity index (χ4v) is 4.50. The van der Waals surface area contributed by atoms with Crippen molar-refractivity contribution in [3.05, 3.63) is 70.8 Å². The topological polar surface area (TPSA) is 52.9 Å². The number of nitriles is 1. The molecule has 1 saturated heterocycles. The molecule has 2 aromatic rings. The Bertz CT molecular complexity index is 888. The summed E-state index contributed by atoms with van der Waals surface area (Å²) in [6, 6.07) is 12.4. The molecule has 1 N–H and O–H groups in total. The van der Waals surface area contributed by atoms with Gasteiger partial charge in [-0.05, 0) is 24.6 Å². The zero-order chi connectivity index (χ0) is 18.2. The molecule has 3 nitrogen and oxygen atoms in total. The molecule has 1 aliphatic rings. The van der Waals surface area contributed by atoms with Gasteiger partial charge in [0.1, 0.15) is 21.2 Å². The van der Waals surface area contributed by atoms with Crippen molar-refractivity contribution in [3.63, 3.8) is 0 Å². The van der Waals surface area contributed by atoms with E-state index < -0.39 is 28.2 Å². The van der Waals surface area contributed by atoms with E-state index in [0.29, 0.717) is 5.56 Å². The van der Waals surface area contributed by atoms with Gasteiger partial charge in [0.05, 0.1) is 11.6 Å². The number of amides is 1. The summed E-state index contributed by atoms with van der Waals surface area (Å²) in [5, 5.41) is 10.6. The molecule has 126 valence electrons. The van der Waals surface area contributed by atoms with Crippen molar-refractivity contribution >= 4 is 34.2 Å². The number of thioether (sulfide) groups is 1. The molecule has 0 spiro atoms. The van der Waals surface area contributed by atoms with Gasteiger partial charge < -0.3 is 5.32 Å². The van der Waals surface area contributed by atoms with Crippen LogP contribution in [0.15, 0.2) is 42.5 Å². The Morgan fingerprint density at radius 2 is 1.84 bits per heavy atom. The molecule has 1 fully saturated rings. The summed E-state index contributed by atoms with van der Waals surface area (Å²) in [7, 11) is 0. The summed E-state index contributed by atoms with van der Waals surface area (Å²) in [4.78, 5) is 12.4. The van der Waals surface area contributed by atoms with Crippen LogP contribution in [0.3, 0.4) is 0 Å². The quantitative estimate of drug-likeness (QED) is 0.833. The molecule has 2 atom stereocenters. The second-order valence-electron chi connectivity index (χ2n) is 5.77. The van der Waals surface area contributed by atoms with Crippen molar-refractivity contribution in [2.75, 3.05) is 0 Å². The molecule has 7 heteroatoms.